The number of unbranched alkanes of at least 4 members (excludes halogenated alkanes) is 4. The Morgan fingerprint density at radius 3 is 2.64 bits per heavy atom. The van der Waals surface area contributed by atoms with Gasteiger partial charge < -0.3 is 16.0 Å². The van der Waals surface area contributed by atoms with E-state index in [0.29, 0.717) is 24.6 Å². The number of aryl methyl sites for hydroxylation is 3. The summed E-state index contributed by atoms with van der Waals surface area (Å²) < 4.78 is 1.80. The predicted octanol–water partition coefficient (Wildman–Crippen LogP) is 5.92. The van der Waals surface area contributed by atoms with E-state index in [2.05, 4.69) is 61.8 Å². The van der Waals surface area contributed by atoms with Gasteiger partial charge in [0, 0.05) is 41.1 Å². The Hall–Kier alpha value is -4.53. The zero-order valence-electron chi connectivity index (χ0n) is 24.4. The summed E-state index contributed by atoms with van der Waals surface area (Å²) in [5.41, 5.74) is 12.8. The molecule has 3 aromatic heterocycles. The van der Waals surface area contributed by atoms with Crippen molar-refractivity contribution in [1.82, 2.24) is 35.3 Å². The van der Waals surface area contributed by atoms with E-state index in [1.54, 1.807) is 4.68 Å². The van der Waals surface area contributed by atoms with Gasteiger partial charge in [0.05, 0.1) is 23.4 Å². The molecule has 1 amide bonds. The first-order chi connectivity index (χ1) is 20.6. The molecule has 0 radical (unpaired) electrons. The highest BCUT2D eigenvalue weighted by atomic mass is 16.1. The molecule has 5 rings (SSSR count). The van der Waals surface area contributed by atoms with Crippen molar-refractivity contribution in [3.63, 3.8) is 0 Å². The molecule has 9 heteroatoms. The monoisotopic (exact) mass is 564 g/mol. The van der Waals surface area contributed by atoms with Gasteiger partial charge in [0.2, 0.25) is 0 Å². The van der Waals surface area contributed by atoms with Crippen molar-refractivity contribution in [3.8, 4) is 11.3 Å². The lowest BCUT2D eigenvalue weighted by Crippen LogP contribution is -2.27. The molecule has 3 heterocycles. The van der Waals surface area contributed by atoms with Crippen molar-refractivity contribution in [3.05, 3.63) is 89.5 Å². The molecular formula is C33H40N8O. The molecule has 0 aliphatic rings. The first-order valence-corrected chi connectivity index (χ1v) is 15.0. The zero-order chi connectivity index (χ0) is 29.1. The SMILES string of the molecule is CCCCCc1ccc(C(=O)NCCn2cc(CCCCCc3[nH]c(N)nc3-c3cnc4ccccc4c3)nn2)cc1. The Balaban J connectivity index is 1.02. The Morgan fingerprint density at radius 1 is 0.976 bits per heavy atom. The van der Waals surface area contributed by atoms with Crippen molar-refractivity contribution in [2.45, 2.75) is 71.3 Å². The molecule has 0 fully saturated rings. The van der Waals surface area contributed by atoms with E-state index in [4.69, 9.17) is 5.73 Å². The van der Waals surface area contributed by atoms with Gasteiger partial charge in [-0.2, -0.15) is 0 Å². The quantitative estimate of drug-likeness (QED) is 0.136. The van der Waals surface area contributed by atoms with E-state index in [-0.39, 0.29) is 5.91 Å². The van der Waals surface area contributed by atoms with Gasteiger partial charge in [-0.05, 0) is 68.4 Å². The van der Waals surface area contributed by atoms with Gasteiger partial charge in [-0.15, -0.1) is 5.10 Å². The van der Waals surface area contributed by atoms with Crippen molar-refractivity contribution < 1.29 is 4.79 Å². The Labute approximate surface area is 247 Å². The van der Waals surface area contributed by atoms with Crippen molar-refractivity contribution in [1.29, 1.82) is 0 Å². The number of para-hydroxylation sites is 1. The molecule has 0 bridgehead atoms. The van der Waals surface area contributed by atoms with Crippen LogP contribution in [-0.2, 0) is 25.8 Å². The number of rotatable bonds is 15. The first-order valence-electron chi connectivity index (χ1n) is 15.0. The normalized spacial score (nSPS) is 11.3. The summed E-state index contributed by atoms with van der Waals surface area (Å²) in [6, 6.07) is 18.1. The summed E-state index contributed by atoms with van der Waals surface area (Å²) in [4.78, 5) is 24.9. The molecule has 0 unspecified atom stereocenters. The van der Waals surface area contributed by atoms with E-state index in [0.717, 1.165) is 72.1 Å². The van der Waals surface area contributed by atoms with Crippen LogP contribution in [0.15, 0.2) is 67.0 Å². The first kappa shape index (κ1) is 29.0. The third-order valence-corrected chi connectivity index (χ3v) is 7.52. The molecule has 4 N–H and O–H groups in total. The molecule has 5 aromatic rings. The Morgan fingerprint density at radius 2 is 1.79 bits per heavy atom. The number of imidazole rings is 1. The van der Waals surface area contributed by atoms with Crippen LogP contribution in [0.3, 0.4) is 0 Å². The van der Waals surface area contributed by atoms with Gasteiger partial charge in [0.25, 0.3) is 5.91 Å². The number of aromatic amines is 1. The molecule has 0 atom stereocenters. The number of benzene rings is 2. The molecule has 2 aromatic carbocycles. The van der Waals surface area contributed by atoms with E-state index in [9.17, 15) is 4.79 Å². The molecule has 0 saturated heterocycles. The number of hydrogen-bond donors (Lipinski definition) is 3. The lowest BCUT2D eigenvalue weighted by molar-refractivity contribution is 0.0952. The standard InChI is InChI=1S/C33H40N8O/c1-2-3-5-10-24-15-17-25(18-16-24)32(42)35-19-20-41-23-28(39-40-41)12-6-4-7-14-30-31(38-33(34)37-30)27-21-26-11-8-9-13-29(26)36-22-27/h8-9,11,13,15-18,21-23H,2-7,10,12,14,19-20H2,1H3,(H,35,42)(H3,34,37,38). The predicted molar refractivity (Wildman–Crippen MR) is 167 cm³/mol. The number of hydrogen-bond acceptors (Lipinski definition) is 6. The van der Waals surface area contributed by atoms with E-state index >= 15 is 0 Å². The van der Waals surface area contributed by atoms with E-state index in [1.807, 2.05) is 42.7 Å². The Bertz CT molecular complexity index is 1590. The van der Waals surface area contributed by atoms with E-state index < -0.39 is 0 Å². The molecule has 0 aliphatic carbocycles. The number of carbonyl (C=O) groups excluding carboxylic acids is 1. The summed E-state index contributed by atoms with van der Waals surface area (Å²) in [6.07, 6.45) is 13.3. The molecule has 0 aliphatic heterocycles. The zero-order valence-corrected chi connectivity index (χ0v) is 24.4. The lowest BCUT2D eigenvalue weighted by atomic mass is 10.0. The average molecular weight is 565 g/mol. The minimum Gasteiger partial charge on any atom is -0.369 e. The van der Waals surface area contributed by atoms with Crippen LogP contribution in [0.4, 0.5) is 5.95 Å². The second-order valence-electron chi connectivity index (χ2n) is 10.8. The smallest absolute Gasteiger partial charge is 0.251 e. The van der Waals surface area contributed by atoms with Crippen molar-refractivity contribution in [2.24, 2.45) is 0 Å². The fourth-order valence-electron chi connectivity index (χ4n) is 5.18. The van der Waals surface area contributed by atoms with Gasteiger partial charge in [0.1, 0.15) is 0 Å². The summed E-state index contributed by atoms with van der Waals surface area (Å²) in [5, 5.41) is 12.6. The second-order valence-corrected chi connectivity index (χ2v) is 10.8. The highest BCUT2D eigenvalue weighted by Crippen LogP contribution is 2.26. The van der Waals surface area contributed by atoms with Crippen molar-refractivity contribution >= 4 is 22.8 Å². The van der Waals surface area contributed by atoms with Crippen LogP contribution in [-0.4, -0.2) is 42.4 Å². The van der Waals surface area contributed by atoms with Gasteiger partial charge in [-0.25, -0.2) is 4.98 Å². The summed E-state index contributed by atoms with van der Waals surface area (Å²) in [5.74, 6) is 0.367. The molecule has 9 nitrogen and oxygen atoms in total. The number of carbonyl (C=O) groups is 1. The van der Waals surface area contributed by atoms with Gasteiger partial charge in [0.15, 0.2) is 5.95 Å². The number of nitrogens with one attached hydrogen (secondary N) is 2. The minimum atomic E-state index is -0.0606. The number of fused-ring (bicyclic) bond motifs is 1. The largest absolute Gasteiger partial charge is 0.369 e. The topological polar surface area (TPSA) is 127 Å². The number of aromatic nitrogens is 6. The molecule has 218 valence electrons. The maximum atomic E-state index is 12.5. The number of H-pyrrole nitrogens is 1. The highest BCUT2D eigenvalue weighted by Gasteiger charge is 2.12. The third-order valence-electron chi connectivity index (χ3n) is 7.52. The average Bonchev–Trinajstić information content (AvgIpc) is 3.63. The number of pyridine rings is 1. The minimum absolute atomic E-state index is 0.0606. The van der Waals surface area contributed by atoms with E-state index in [1.165, 1.54) is 24.8 Å². The van der Waals surface area contributed by atoms with Crippen molar-refractivity contribution in [2.75, 3.05) is 12.3 Å². The number of nitrogen functional groups attached to an aromatic ring is 1. The van der Waals surface area contributed by atoms with Gasteiger partial charge in [-0.3, -0.25) is 14.5 Å². The number of nitrogens with zero attached hydrogens (tertiary/aromatic N) is 5. The summed E-state index contributed by atoms with van der Waals surface area (Å²) in [7, 11) is 0. The van der Waals surface area contributed by atoms with Crippen LogP contribution in [0.25, 0.3) is 22.2 Å². The van der Waals surface area contributed by atoms with Gasteiger partial charge >= 0.3 is 0 Å². The lowest BCUT2D eigenvalue weighted by Gasteiger charge is -2.06. The molecule has 42 heavy (non-hydrogen) atoms. The number of nitrogens with two attached hydrogens (primary N) is 1. The molecule has 0 saturated carbocycles. The fourth-order valence-corrected chi connectivity index (χ4v) is 5.18. The van der Waals surface area contributed by atoms with Crippen LogP contribution in [0, 0.1) is 0 Å². The fraction of sp³-hybridized carbons (Fsp3) is 0.364. The van der Waals surface area contributed by atoms with Crippen LogP contribution in [0.2, 0.25) is 0 Å². The second kappa shape index (κ2) is 14.4. The highest BCUT2D eigenvalue weighted by molar-refractivity contribution is 5.94. The van der Waals surface area contributed by atoms with Crippen LogP contribution < -0.4 is 11.1 Å². The van der Waals surface area contributed by atoms with Gasteiger partial charge in [-0.1, -0.05) is 61.7 Å². The van der Waals surface area contributed by atoms with Crippen LogP contribution >= 0.6 is 0 Å². The molecular weight excluding hydrogens is 524 g/mol. The maximum absolute atomic E-state index is 12.5. The van der Waals surface area contributed by atoms with Crippen LogP contribution in [0.1, 0.15) is 72.8 Å². The number of amides is 1. The summed E-state index contributed by atoms with van der Waals surface area (Å²) in [6.45, 7) is 3.29. The summed E-state index contributed by atoms with van der Waals surface area (Å²) >= 11 is 0. The maximum Gasteiger partial charge on any atom is 0.251 e. The molecule has 0 spiro atoms. The van der Waals surface area contributed by atoms with Crippen LogP contribution in [0.5, 0.6) is 0 Å². The third kappa shape index (κ3) is 7.81. The Kier molecular flexibility index (Phi) is 9.93. The number of anilines is 1.